The molecule has 0 saturated carbocycles. The third-order valence-electron chi connectivity index (χ3n) is 7.95. The van der Waals surface area contributed by atoms with Gasteiger partial charge in [0.1, 0.15) is 5.82 Å². The van der Waals surface area contributed by atoms with Crippen LogP contribution in [-0.2, 0) is 0 Å². The Morgan fingerprint density at radius 3 is 2.62 bits per heavy atom. The molecular formula is C31H30ClFN4O2. The second-order valence-electron chi connectivity index (χ2n) is 10.3. The molecule has 2 atom stereocenters. The van der Waals surface area contributed by atoms with Crippen molar-refractivity contribution in [2.75, 3.05) is 26.2 Å². The molecule has 6 rings (SSSR count). The molecule has 2 unspecified atom stereocenters. The van der Waals surface area contributed by atoms with Crippen molar-refractivity contribution < 1.29 is 14.0 Å². The van der Waals surface area contributed by atoms with Crippen LogP contribution in [0.2, 0.25) is 5.02 Å². The molecule has 1 aromatic heterocycles. The average Bonchev–Trinajstić information content (AvgIpc) is 3.52. The van der Waals surface area contributed by atoms with Gasteiger partial charge in [-0.15, -0.1) is 0 Å². The maximum atomic E-state index is 13.6. The van der Waals surface area contributed by atoms with Crippen LogP contribution < -0.4 is 5.32 Å². The zero-order valence-corrected chi connectivity index (χ0v) is 22.3. The Kier molecular flexibility index (Phi) is 7.11. The van der Waals surface area contributed by atoms with E-state index in [9.17, 15) is 14.0 Å². The van der Waals surface area contributed by atoms with Gasteiger partial charge < -0.3 is 14.8 Å². The molecule has 2 aliphatic rings. The summed E-state index contributed by atoms with van der Waals surface area (Å²) in [7, 11) is 0. The fourth-order valence-corrected chi connectivity index (χ4v) is 6.08. The summed E-state index contributed by atoms with van der Waals surface area (Å²) in [5.74, 6) is -0.178. The number of imide groups is 1. The molecule has 6 nitrogen and oxygen atoms in total. The zero-order valence-electron chi connectivity index (χ0n) is 21.5. The van der Waals surface area contributed by atoms with Crippen LogP contribution in [-0.4, -0.2) is 58.5 Å². The molecule has 0 radical (unpaired) electrons. The third-order valence-corrected chi connectivity index (χ3v) is 8.18. The van der Waals surface area contributed by atoms with E-state index in [0.717, 1.165) is 42.4 Å². The van der Waals surface area contributed by atoms with Crippen molar-refractivity contribution in [2.45, 2.75) is 31.2 Å². The van der Waals surface area contributed by atoms with Crippen molar-refractivity contribution in [2.24, 2.45) is 0 Å². The molecule has 200 valence electrons. The molecule has 4 aromatic rings. The van der Waals surface area contributed by atoms with Gasteiger partial charge in [-0.3, -0.25) is 9.69 Å². The SMILES string of the molecule is O=C(c1ccccc1)N1CCN(CCC2CC(c3cn(-c4ccc(F)cc4)c4ccc(Cl)cc34)CCN2)C1=O. The summed E-state index contributed by atoms with van der Waals surface area (Å²) in [4.78, 5) is 28.9. The number of halogens is 2. The number of nitrogens with zero attached hydrogens (tertiary/aromatic N) is 3. The number of piperidine rings is 1. The van der Waals surface area contributed by atoms with Gasteiger partial charge in [-0.2, -0.15) is 0 Å². The monoisotopic (exact) mass is 544 g/mol. The molecule has 2 fully saturated rings. The average molecular weight is 545 g/mol. The molecule has 2 saturated heterocycles. The molecule has 0 aliphatic carbocycles. The number of nitrogens with one attached hydrogen (secondary N) is 1. The largest absolute Gasteiger partial charge is 0.327 e. The van der Waals surface area contributed by atoms with E-state index in [1.165, 1.54) is 22.6 Å². The van der Waals surface area contributed by atoms with Gasteiger partial charge in [0, 0.05) is 53.5 Å². The fourth-order valence-electron chi connectivity index (χ4n) is 5.90. The Morgan fingerprint density at radius 1 is 1.03 bits per heavy atom. The molecular weight excluding hydrogens is 515 g/mol. The first-order valence-electron chi connectivity index (χ1n) is 13.4. The minimum absolute atomic E-state index is 0.215. The molecule has 0 bridgehead atoms. The highest BCUT2D eigenvalue weighted by Gasteiger charge is 2.34. The Bertz CT molecular complexity index is 1500. The lowest BCUT2D eigenvalue weighted by molar-refractivity contribution is 0.0822. The van der Waals surface area contributed by atoms with Crippen LogP contribution in [0.1, 0.15) is 41.1 Å². The number of benzene rings is 3. The normalized spacial score (nSPS) is 19.7. The topological polar surface area (TPSA) is 57.6 Å². The van der Waals surface area contributed by atoms with Gasteiger partial charge in [0.05, 0.1) is 5.52 Å². The van der Waals surface area contributed by atoms with E-state index < -0.39 is 0 Å². The maximum Gasteiger partial charge on any atom is 0.327 e. The number of hydrogen-bond acceptors (Lipinski definition) is 3. The van der Waals surface area contributed by atoms with Crippen LogP contribution in [0.5, 0.6) is 0 Å². The van der Waals surface area contributed by atoms with Crippen LogP contribution in [0.4, 0.5) is 9.18 Å². The van der Waals surface area contributed by atoms with Crippen molar-refractivity contribution in [3.63, 3.8) is 0 Å². The van der Waals surface area contributed by atoms with Gasteiger partial charge in [0.15, 0.2) is 0 Å². The lowest BCUT2D eigenvalue weighted by atomic mass is 9.85. The summed E-state index contributed by atoms with van der Waals surface area (Å²) < 4.78 is 15.7. The Morgan fingerprint density at radius 2 is 1.82 bits per heavy atom. The van der Waals surface area contributed by atoms with Crippen molar-refractivity contribution in [3.05, 3.63) is 101 Å². The van der Waals surface area contributed by atoms with Crippen LogP contribution in [0.3, 0.4) is 0 Å². The van der Waals surface area contributed by atoms with E-state index in [0.29, 0.717) is 36.1 Å². The predicted octanol–water partition coefficient (Wildman–Crippen LogP) is 6.23. The van der Waals surface area contributed by atoms with Crippen molar-refractivity contribution >= 4 is 34.4 Å². The zero-order chi connectivity index (χ0) is 26.9. The van der Waals surface area contributed by atoms with Crippen molar-refractivity contribution in [3.8, 4) is 5.69 Å². The van der Waals surface area contributed by atoms with Gasteiger partial charge in [0.2, 0.25) is 0 Å². The van der Waals surface area contributed by atoms with E-state index in [1.54, 1.807) is 29.2 Å². The number of carbonyl (C=O) groups is 2. The summed E-state index contributed by atoms with van der Waals surface area (Å²) in [6, 6.07) is 21.4. The second-order valence-corrected chi connectivity index (χ2v) is 10.8. The predicted molar refractivity (Wildman–Crippen MR) is 151 cm³/mol. The van der Waals surface area contributed by atoms with E-state index in [4.69, 9.17) is 11.6 Å². The quantitative estimate of drug-likeness (QED) is 0.313. The van der Waals surface area contributed by atoms with E-state index in [-0.39, 0.29) is 23.8 Å². The first-order chi connectivity index (χ1) is 19.0. The Balaban J connectivity index is 1.15. The molecule has 3 heterocycles. The van der Waals surface area contributed by atoms with Gasteiger partial charge in [0.25, 0.3) is 5.91 Å². The first-order valence-corrected chi connectivity index (χ1v) is 13.8. The first kappa shape index (κ1) is 25.6. The highest BCUT2D eigenvalue weighted by molar-refractivity contribution is 6.31. The van der Waals surface area contributed by atoms with Crippen LogP contribution in [0.15, 0.2) is 79.0 Å². The standard InChI is InChI=1S/C31H30ClFN4O2/c32-23-6-11-29-27(19-23)28(20-37(29)26-9-7-24(33)8-10-26)22-12-14-34-25(18-22)13-15-35-16-17-36(31(35)39)30(38)21-4-2-1-3-5-21/h1-11,19-20,22,25,34H,12-18H2. The lowest BCUT2D eigenvalue weighted by Crippen LogP contribution is -2.41. The number of fused-ring (bicyclic) bond motifs is 1. The number of amides is 3. The van der Waals surface area contributed by atoms with Gasteiger partial charge in [-0.05, 0) is 91.9 Å². The third kappa shape index (κ3) is 5.16. The highest BCUT2D eigenvalue weighted by Crippen LogP contribution is 2.37. The minimum Gasteiger partial charge on any atom is -0.322 e. The Labute approximate surface area is 232 Å². The highest BCUT2D eigenvalue weighted by atomic mass is 35.5. The van der Waals surface area contributed by atoms with Gasteiger partial charge in [-0.25, -0.2) is 9.18 Å². The summed E-state index contributed by atoms with van der Waals surface area (Å²) in [6.07, 6.45) is 4.91. The Hall–Kier alpha value is -3.68. The van der Waals surface area contributed by atoms with Gasteiger partial charge >= 0.3 is 6.03 Å². The van der Waals surface area contributed by atoms with Crippen LogP contribution >= 0.6 is 11.6 Å². The van der Waals surface area contributed by atoms with Crippen LogP contribution in [0, 0.1) is 5.82 Å². The van der Waals surface area contributed by atoms with Crippen molar-refractivity contribution in [1.82, 2.24) is 19.7 Å². The maximum absolute atomic E-state index is 13.6. The van der Waals surface area contributed by atoms with Gasteiger partial charge in [-0.1, -0.05) is 29.8 Å². The minimum atomic E-state index is -0.260. The molecule has 0 spiro atoms. The fraction of sp³-hybridized carbons (Fsp3) is 0.290. The van der Waals surface area contributed by atoms with E-state index >= 15 is 0 Å². The number of rotatable bonds is 6. The number of urea groups is 1. The number of hydrogen-bond donors (Lipinski definition) is 1. The van der Waals surface area contributed by atoms with E-state index in [1.807, 2.05) is 36.4 Å². The molecule has 39 heavy (non-hydrogen) atoms. The smallest absolute Gasteiger partial charge is 0.322 e. The molecule has 1 N–H and O–H groups in total. The van der Waals surface area contributed by atoms with Crippen LogP contribution in [0.25, 0.3) is 16.6 Å². The molecule has 3 amide bonds. The lowest BCUT2D eigenvalue weighted by Gasteiger charge is -2.31. The number of carbonyl (C=O) groups excluding carboxylic acids is 2. The van der Waals surface area contributed by atoms with E-state index in [2.05, 4.69) is 16.1 Å². The second kappa shape index (κ2) is 10.8. The molecule has 8 heteroatoms. The molecule has 2 aliphatic heterocycles. The summed E-state index contributed by atoms with van der Waals surface area (Å²) >= 11 is 6.41. The summed E-state index contributed by atoms with van der Waals surface area (Å²) in [6.45, 7) is 2.45. The summed E-state index contributed by atoms with van der Waals surface area (Å²) in [5, 5.41) is 5.43. The number of aromatic nitrogens is 1. The summed E-state index contributed by atoms with van der Waals surface area (Å²) in [5.41, 5.74) is 3.72. The van der Waals surface area contributed by atoms with Crippen molar-refractivity contribution in [1.29, 1.82) is 0 Å². The molecule has 3 aromatic carbocycles.